The number of hydrogen-bond donors (Lipinski definition) is 1. The maximum absolute atomic E-state index is 12.1. The third-order valence-corrected chi connectivity index (χ3v) is 2.05. The Labute approximate surface area is 94.3 Å². The van der Waals surface area contributed by atoms with E-state index in [0.717, 1.165) is 31.3 Å². The minimum Gasteiger partial charge on any atom is -0.478 e. The van der Waals surface area contributed by atoms with Gasteiger partial charge in [-0.05, 0) is 24.3 Å². The summed E-state index contributed by atoms with van der Waals surface area (Å²) in [6, 6.07) is 4.51. The van der Waals surface area contributed by atoms with Crippen LogP contribution in [0.25, 0.3) is 0 Å². The number of carbonyl (C=O) groups is 2. The van der Waals surface area contributed by atoms with Gasteiger partial charge in [0.15, 0.2) is 0 Å². The molecule has 0 aliphatic rings. The Morgan fingerprint density at radius 1 is 1.18 bits per heavy atom. The lowest BCUT2D eigenvalue weighted by molar-refractivity contribution is -0.170. The molecule has 0 spiro atoms. The molecule has 0 aromatic heterocycles. The third-order valence-electron chi connectivity index (χ3n) is 2.05. The number of anilines is 1. The minimum absolute atomic E-state index is 0.0303. The molecular formula is C10H8F3NO3. The van der Waals surface area contributed by atoms with E-state index < -0.39 is 18.1 Å². The van der Waals surface area contributed by atoms with E-state index in [1.54, 1.807) is 0 Å². The summed E-state index contributed by atoms with van der Waals surface area (Å²) in [7, 11) is 0.964. The molecule has 0 saturated heterocycles. The number of carboxylic acid groups (broad SMARTS) is 1. The molecule has 1 amide bonds. The molecule has 7 heteroatoms. The van der Waals surface area contributed by atoms with Crippen LogP contribution in [0.4, 0.5) is 18.9 Å². The summed E-state index contributed by atoms with van der Waals surface area (Å²) in [5, 5.41) is 8.59. The monoisotopic (exact) mass is 247 g/mol. The maximum atomic E-state index is 12.1. The van der Waals surface area contributed by atoms with Gasteiger partial charge in [-0.3, -0.25) is 4.79 Å². The number of aromatic carboxylic acids is 1. The predicted octanol–water partition coefficient (Wildman–Crippen LogP) is 1.91. The lowest BCUT2D eigenvalue weighted by atomic mass is 10.2. The molecule has 0 heterocycles. The van der Waals surface area contributed by atoms with Crippen LogP contribution in [0, 0.1) is 0 Å². The molecule has 1 N–H and O–H groups in total. The van der Waals surface area contributed by atoms with E-state index >= 15 is 0 Å². The second-order valence-corrected chi connectivity index (χ2v) is 3.21. The van der Waals surface area contributed by atoms with Crippen molar-refractivity contribution in [1.29, 1.82) is 0 Å². The third kappa shape index (κ3) is 2.96. The first-order chi connectivity index (χ1) is 7.73. The van der Waals surface area contributed by atoms with Crippen LogP contribution in [-0.4, -0.2) is 30.2 Å². The first-order valence-electron chi connectivity index (χ1n) is 4.41. The zero-order chi connectivity index (χ0) is 13.2. The van der Waals surface area contributed by atoms with E-state index in [-0.39, 0.29) is 11.3 Å². The molecule has 1 rings (SSSR count). The topological polar surface area (TPSA) is 57.6 Å². The molecule has 4 nitrogen and oxygen atoms in total. The van der Waals surface area contributed by atoms with Gasteiger partial charge >= 0.3 is 18.1 Å². The zero-order valence-electron chi connectivity index (χ0n) is 8.65. The number of nitrogens with zero attached hydrogens (tertiary/aromatic N) is 1. The summed E-state index contributed by atoms with van der Waals surface area (Å²) in [4.78, 5) is 21.8. The lowest BCUT2D eigenvalue weighted by Gasteiger charge is -2.18. The van der Waals surface area contributed by atoms with Gasteiger partial charge < -0.3 is 10.0 Å². The fourth-order valence-corrected chi connectivity index (χ4v) is 1.14. The Kier molecular flexibility index (Phi) is 3.40. The van der Waals surface area contributed by atoms with Crippen LogP contribution in [0.1, 0.15) is 10.4 Å². The van der Waals surface area contributed by atoms with Crippen molar-refractivity contribution in [1.82, 2.24) is 0 Å². The molecule has 17 heavy (non-hydrogen) atoms. The van der Waals surface area contributed by atoms with Crippen LogP contribution >= 0.6 is 0 Å². The Hall–Kier alpha value is -2.05. The fraction of sp³-hybridized carbons (Fsp3) is 0.200. The second-order valence-electron chi connectivity index (χ2n) is 3.21. The largest absolute Gasteiger partial charge is 0.478 e. The molecule has 0 saturated carbocycles. The van der Waals surface area contributed by atoms with Crippen LogP contribution in [-0.2, 0) is 4.79 Å². The minimum atomic E-state index is -4.96. The van der Waals surface area contributed by atoms with E-state index in [2.05, 4.69) is 0 Å². The number of amides is 1. The van der Waals surface area contributed by atoms with Crippen molar-refractivity contribution in [3.8, 4) is 0 Å². The molecule has 1 aromatic carbocycles. The fourth-order valence-electron chi connectivity index (χ4n) is 1.14. The van der Waals surface area contributed by atoms with Gasteiger partial charge in [0, 0.05) is 12.7 Å². The standard InChI is InChI=1S/C10H8F3NO3/c1-14(9(17)10(11,12)13)7-4-2-6(3-5-7)8(15)16/h2-5H,1H3,(H,15,16). The smallest absolute Gasteiger partial charge is 0.471 e. The number of carboxylic acids is 1. The number of rotatable bonds is 2. The normalized spacial score (nSPS) is 11.1. The average Bonchev–Trinajstić information content (AvgIpc) is 2.26. The molecular weight excluding hydrogens is 239 g/mol. The first-order valence-corrected chi connectivity index (χ1v) is 4.41. The van der Waals surface area contributed by atoms with Crippen LogP contribution in [0.15, 0.2) is 24.3 Å². The molecule has 1 aromatic rings. The van der Waals surface area contributed by atoms with Crippen LogP contribution in [0.2, 0.25) is 0 Å². The van der Waals surface area contributed by atoms with Gasteiger partial charge in [-0.15, -0.1) is 0 Å². The van der Waals surface area contributed by atoms with Gasteiger partial charge in [-0.25, -0.2) is 4.79 Å². The Balaban J connectivity index is 2.94. The molecule has 0 atom stereocenters. The summed E-state index contributed by atoms with van der Waals surface area (Å²) in [6.45, 7) is 0. The summed E-state index contributed by atoms with van der Waals surface area (Å²) in [5.74, 6) is -3.21. The van der Waals surface area contributed by atoms with Gasteiger partial charge in [-0.2, -0.15) is 13.2 Å². The highest BCUT2D eigenvalue weighted by atomic mass is 19.4. The number of halogens is 3. The van der Waals surface area contributed by atoms with Crippen molar-refractivity contribution in [3.63, 3.8) is 0 Å². The van der Waals surface area contributed by atoms with E-state index in [4.69, 9.17) is 5.11 Å². The number of alkyl halides is 3. The highest BCUT2D eigenvalue weighted by molar-refractivity contribution is 5.97. The van der Waals surface area contributed by atoms with E-state index in [0.29, 0.717) is 4.90 Å². The quantitative estimate of drug-likeness (QED) is 0.868. The molecule has 92 valence electrons. The first kappa shape index (κ1) is 13.0. The van der Waals surface area contributed by atoms with Crippen LogP contribution in [0.5, 0.6) is 0 Å². The van der Waals surface area contributed by atoms with Gasteiger partial charge in [0.05, 0.1) is 5.56 Å². The van der Waals surface area contributed by atoms with E-state index in [1.165, 1.54) is 0 Å². The van der Waals surface area contributed by atoms with Gasteiger partial charge in [0.1, 0.15) is 0 Å². The average molecular weight is 247 g/mol. The van der Waals surface area contributed by atoms with Crippen LogP contribution < -0.4 is 4.90 Å². The lowest BCUT2D eigenvalue weighted by Crippen LogP contribution is -2.38. The van der Waals surface area contributed by atoms with Gasteiger partial charge in [-0.1, -0.05) is 0 Å². The maximum Gasteiger partial charge on any atom is 0.471 e. The Morgan fingerprint density at radius 3 is 2.00 bits per heavy atom. The number of benzene rings is 1. The van der Waals surface area contributed by atoms with Crippen molar-refractivity contribution in [2.75, 3.05) is 11.9 Å². The van der Waals surface area contributed by atoms with Gasteiger partial charge in [0.25, 0.3) is 0 Å². The van der Waals surface area contributed by atoms with Crippen molar-refractivity contribution in [3.05, 3.63) is 29.8 Å². The number of carbonyl (C=O) groups excluding carboxylic acids is 1. The summed E-state index contributed by atoms with van der Waals surface area (Å²) in [6.07, 6.45) is -4.96. The predicted molar refractivity (Wildman–Crippen MR) is 52.9 cm³/mol. The SMILES string of the molecule is CN(C(=O)C(F)(F)F)c1ccc(C(=O)O)cc1. The molecule has 0 aliphatic heterocycles. The highest BCUT2D eigenvalue weighted by Gasteiger charge is 2.41. The van der Waals surface area contributed by atoms with Crippen LogP contribution in [0.3, 0.4) is 0 Å². The van der Waals surface area contributed by atoms with Crippen molar-refractivity contribution >= 4 is 17.6 Å². The summed E-state index contributed by atoms with van der Waals surface area (Å²) < 4.78 is 36.3. The summed E-state index contributed by atoms with van der Waals surface area (Å²) in [5.41, 5.74) is -0.0982. The zero-order valence-corrected chi connectivity index (χ0v) is 8.65. The Morgan fingerprint density at radius 2 is 1.65 bits per heavy atom. The molecule has 0 fully saturated rings. The van der Waals surface area contributed by atoms with E-state index in [1.807, 2.05) is 0 Å². The Bertz CT molecular complexity index is 439. The van der Waals surface area contributed by atoms with E-state index in [9.17, 15) is 22.8 Å². The second kappa shape index (κ2) is 4.44. The molecule has 0 aliphatic carbocycles. The summed E-state index contributed by atoms with van der Waals surface area (Å²) >= 11 is 0. The van der Waals surface area contributed by atoms with Crippen molar-refractivity contribution < 1.29 is 27.9 Å². The molecule has 0 radical (unpaired) electrons. The van der Waals surface area contributed by atoms with Crippen molar-refractivity contribution in [2.24, 2.45) is 0 Å². The molecule has 0 bridgehead atoms. The van der Waals surface area contributed by atoms with Crippen molar-refractivity contribution in [2.45, 2.75) is 6.18 Å². The number of hydrogen-bond acceptors (Lipinski definition) is 2. The highest BCUT2D eigenvalue weighted by Crippen LogP contribution is 2.22. The molecule has 0 unspecified atom stereocenters. The van der Waals surface area contributed by atoms with Gasteiger partial charge in [0.2, 0.25) is 0 Å².